The molecule has 3 rings (SSSR count). The summed E-state index contributed by atoms with van der Waals surface area (Å²) < 4.78 is 0. The molecule has 2 heterocycles. The summed E-state index contributed by atoms with van der Waals surface area (Å²) in [5.74, 6) is 0.0445. The SMILES string of the molecule is Cc1cccc(NC(=O)CN2CCN(c3nnc(C(C)(C)C)s3)CC2)c1C. The van der Waals surface area contributed by atoms with Gasteiger partial charge in [0.1, 0.15) is 5.01 Å². The molecule has 6 nitrogen and oxygen atoms in total. The lowest BCUT2D eigenvalue weighted by Crippen LogP contribution is -2.48. The minimum atomic E-state index is 0.0315. The first-order valence-corrected chi connectivity index (χ1v) is 10.2. The first-order valence-electron chi connectivity index (χ1n) is 9.41. The summed E-state index contributed by atoms with van der Waals surface area (Å²) >= 11 is 1.67. The molecule has 0 saturated carbocycles. The number of rotatable bonds is 4. The van der Waals surface area contributed by atoms with Gasteiger partial charge in [0.15, 0.2) is 0 Å². The van der Waals surface area contributed by atoms with E-state index >= 15 is 0 Å². The van der Waals surface area contributed by atoms with E-state index in [-0.39, 0.29) is 11.3 Å². The Bertz CT molecular complexity index is 803. The molecule has 0 bridgehead atoms. The average Bonchev–Trinajstić information content (AvgIpc) is 3.10. The average molecular weight is 388 g/mol. The van der Waals surface area contributed by atoms with E-state index in [1.54, 1.807) is 11.3 Å². The molecule has 1 N–H and O–H groups in total. The van der Waals surface area contributed by atoms with Crippen molar-refractivity contribution in [2.24, 2.45) is 0 Å². The zero-order chi connectivity index (χ0) is 19.6. The van der Waals surface area contributed by atoms with Gasteiger partial charge in [-0.3, -0.25) is 9.69 Å². The third-order valence-electron chi connectivity index (χ3n) is 4.94. The molecule has 0 aliphatic carbocycles. The molecule has 1 aliphatic rings. The number of carbonyl (C=O) groups is 1. The molecule has 0 spiro atoms. The van der Waals surface area contributed by atoms with Gasteiger partial charge in [0.25, 0.3) is 0 Å². The molecular weight excluding hydrogens is 358 g/mol. The Kier molecular flexibility index (Phi) is 5.81. The monoisotopic (exact) mass is 387 g/mol. The van der Waals surface area contributed by atoms with Crippen molar-refractivity contribution < 1.29 is 4.79 Å². The standard InChI is InChI=1S/C20H29N5OS/c1-14-7-6-8-16(15(14)2)21-17(26)13-24-9-11-25(12-10-24)19-23-22-18(27-19)20(3,4)5/h6-8H,9-13H2,1-5H3,(H,21,26). The van der Waals surface area contributed by atoms with Gasteiger partial charge in [-0.2, -0.15) is 0 Å². The highest BCUT2D eigenvalue weighted by molar-refractivity contribution is 7.15. The van der Waals surface area contributed by atoms with E-state index in [0.717, 1.165) is 47.6 Å². The second-order valence-electron chi connectivity index (χ2n) is 8.20. The Balaban J connectivity index is 1.51. The fourth-order valence-electron chi connectivity index (χ4n) is 3.02. The van der Waals surface area contributed by atoms with E-state index in [0.29, 0.717) is 6.54 Å². The molecule has 2 aromatic rings. The maximum absolute atomic E-state index is 12.4. The third kappa shape index (κ3) is 4.84. The Labute approximate surface area is 165 Å². The van der Waals surface area contributed by atoms with Gasteiger partial charge >= 0.3 is 0 Å². The number of anilines is 2. The van der Waals surface area contributed by atoms with Crippen molar-refractivity contribution in [3.05, 3.63) is 34.3 Å². The van der Waals surface area contributed by atoms with Crippen LogP contribution in [-0.2, 0) is 10.2 Å². The quantitative estimate of drug-likeness (QED) is 0.873. The lowest BCUT2D eigenvalue weighted by Gasteiger charge is -2.33. The molecule has 146 valence electrons. The van der Waals surface area contributed by atoms with Crippen LogP contribution in [0.3, 0.4) is 0 Å². The van der Waals surface area contributed by atoms with Gasteiger partial charge in [0.2, 0.25) is 11.0 Å². The third-order valence-corrected chi connectivity index (χ3v) is 6.35. The van der Waals surface area contributed by atoms with Crippen molar-refractivity contribution in [3.8, 4) is 0 Å². The van der Waals surface area contributed by atoms with Gasteiger partial charge in [0.05, 0.1) is 6.54 Å². The summed E-state index contributed by atoms with van der Waals surface area (Å²) in [4.78, 5) is 16.9. The van der Waals surface area contributed by atoms with E-state index < -0.39 is 0 Å². The lowest BCUT2D eigenvalue weighted by molar-refractivity contribution is -0.117. The van der Waals surface area contributed by atoms with Crippen LogP contribution in [0.5, 0.6) is 0 Å². The molecule has 27 heavy (non-hydrogen) atoms. The molecule has 7 heteroatoms. The number of aromatic nitrogens is 2. The minimum absolute atomic E-state index is 0.0315. The highest BCUT2D eigenvalue weighted by Crippen LogP contribution is 2.30. The number of aryl methyl sites for hydroxylation is 1. The van der Waals surface area contributed by atoms with Crippen LogP contribution < -0.4 is 10.2 Å². The molecule has 1 aliphatic heterocycles. The summed E-state index contributed by atoms with van der Waals surface area (Å²) in [6.45, 7) is 14.4. The van der Waals surface area contributed by atoms with E-state index in [9.17, 15) is 4.79 Å². The zero-order valence-corrected chi connectivity index (χ0v) is 17.7. The molecule has 0 radical (unpaired) electrons. The number of amides is 1. The molecule has 1 amide bonds. The molecule has 0 atom stereocenters. The van der Waals surface area contributed by atoms with Crippen molar-refractivity contribution in [3.63, 3.8) is 0 Å². The normalized spacial score (nSPS) is 15.8. The molecule has 0 unspecified atom stereocenters. The van der Waals surface area contributed by atoms with Gasteiger partial charge < -0.3 is 10.2 Å². The Morgan fingerprint density at radius 3 is 2.48 bits per heavy atom. The predicted octanol–water partition coefficient (Wildman–Crippen LogP) is 3.21. The molecule has 1 aromatic carbocycles. The van der Waals surface area contributed by atoms with Crippen LogP contribution in [0.1, 0.15) is 36.9 Å². The number of hydrogen-bond donors (Lipinski definition) is 1. The Hall–Kier alpha value is -1.99. The maximum Gasteiger partial charge on any atom is 0.238 e. The first-order chi connectivity index (χ1) is 12.7. The van der Waals surface area contributed by atoms with Crippen LogP contribution >= 0.6 is 11.3 Å². The van der Waals surface area contributed by atoms with Crippen molar-refractivity contribution in [2.75, 3.05) is 42.9 Å². The largest absolute Gasteiger partial charge is 0.344 e. The van der Waals surface area contributed by atoms with E-state index in [2.05, 4.69) is 59.1 Å². The minimum Gasteiger partial charge on any atom is -0.344 e. The van der Waals surface area contributed by atoms with Crippen molar-refractivity contribution in [1.82, 2.24) is 15.1 Å². The molecular formula is C20H29N5OS. The number of carbonyl (C=O) groups excluding carboxylic acids is 1. The highest BCUT2D eigenvalue weighted by atomic mass is 32.1. The van der Waals surface area contributed by atoms with Gasteiger partial charge in [-0.15, -0.1) is 10.2 Å². The first kappa shape index (κ1) is 19.8. The summed E-state index contributed by atoms with van der Waals surface area (Å²) in [5.41, 5.74) is 3.25. The summed E-state index contributed by atoms with van der Waals surface area (Å²) in [6.07, 6.45) is 0. The number of hydrogen-bond acceptors (Lipinski definition) is 6. The smallest absolute Gasteiger partial charge is 0.238 e. The highest BCUT2D eigenvalue weighted by Gasteiger charge is 2.24. The van der Waals surface area contributed by atoms with Crippen LogP contribution in [0.4, 0.5) is 10.8 Å². The van der Waals surface area contributed by atoms with Crippen molar-refractivity contribution in [2.45, 2.75) is 40.0 Å². The number of nitrogens with zero attached hydrogens (tertiary/aromatic N) is 4. The number of nitrogens with one attached hydrogen (secondary N) is 1. The summed E-state index contributed by atoms with van der Waals surface area (Å²) in [7, 11) is 0. The number of benzene rings is 1. The van der Waals surface area contributed by atoms with Crippen LogP contribution in [0, 0.1) is 13.8 Å². The van der Waals surface area contributed by atoms with E-state index in [4.69, 9.17) is 0 Å². The number of piperazine rings is 1. The van der Waals surface area contributed by atoms with E-state index in [1.807, 2.05) is 19.1 Å². The molecule has 1 fully saturated rings. The fourth-order valence-corrected chi connectivity index (χ4v) is 3.98. The lowest BCUT2D eigenvalue weighted by atomic mass is 9.98. The topological polar surface area (TPSA) is 61.4 Å². The second-order valence-corrected chi connectivity index (χ2v) is 9.15. The molecule has 1 saturated heterocycles. The van der Waals surface area contributed by atoms with Gasteiger partial charge in [-0.05, 0) is 31.0 Å². The van der Waals surface area contributed by atoms with Crippen molar-refractivity contribution in [1.29, 1.82) is 0 Å². The Morgan fingerprint density at radius 1 is 1.15 bits per heavy atom. The van der Waals surface area contributed by atoms with Crippen LogP contribution in [0.15, 0.2) is 18.2 Å². The van der Waals surface area contributed by atoms with Crippen LogP contribution in [-0.4, -0.2) is 53.7 Å². The zero-order valence-electron chi connectivity index (χ0n) is 16.9. The maximum atomic E-state index is 12.4. The van der Waals surface area contributed by atoms with Gasteiger partial charge in [0, 0.05) is 37.3 Å². The van der Waals surface area contributed by atoms with Crippen LogP contribution in [0.2, 0.25) is 0 Å². The van der Waals surface area contributed by atoms with Gasteiger partial charge in [-0.25, -0.2) is 0 Å². The summed E-state index contributed by atoms with van der Waals surface area (Å²) in [5, 5.41) is 13.8. The second kappa shape index (κ2) is 7.94. The van der Waals surface area contributed by atoms with E-state index in [1.165, 1.54) is 5.56 Å². The van der Waals surface area contributed by atoms with Crippen molar-refractivity contribution >= 4 is 28.1 Å². The summed E-state index contributed by atoms with van der Waals surface area (Å²) in [6, 6.07) is 5.99. The predicted molar refractivity (Wildman–Crippen MR) is 112 cm³/mol. The fraction of sp³-hybridized carbons (Fsp3) is 0.550. The Morgan fingerprint density at radius 2 is 1.85 bits per heavy atom. The molecule has 1 aromatic heterocycles. The van der Waals surface area contributed by atoms with Crippen LogP contribution in [0.25, 0.3) is 0 Å². The van der Waals surface area contributed by atoms with Gasteiger partial charge in [-0.1, -0.05) is 44.2 Å².